The van der Waals surface area contributed by atoms with E-state index in [1.807, 2.05) is 41.0 Å². The lowest BCUT2D eigenvalue weighted by molar-refractivity contribution is -0.127. The van der Waals surface area contributed by atoms with E-state index in [1.165, 1.54) is 22.9 Å². The van der Waals surface area contributed by atoms with Gasteiger partial charge in [-0.15, -0.1) is 11.3 Å². The van der Waals surface area contributed by atoms with Crippen molar-refractivity contribution in [3.63, 3.8) is 0 Å². The molecule has 0 spiro atoms. The number of hydrogen-bond acceptors (Lipinski definition) is 6. The van der Waals surface area contributed by atoms with Crippen LogP contribution in [0.15, 0.2) is 53.9 Å². The van der Waals surface area contributed by atoms with Gasteiger partial charge in [0.05, 0.1) is 10.6 Å². The number of ether oxygens (including phenoxy) is 1. The van der Waals surface area contributed by atoms with E-state index in [4.69, 9.17) is 10.5 Å². The number of urea groups is 1. The molecule has 3 rings (SSSR count). The summed E-state index contributed by atoms with van der Waals surface area (Å²) in [6, 6.07) is 13.4. The van der Waals surface area contributed by atoms with Gasteiger partial charge >= 0.3 is 12.0 Å². The van der Waals surface area contributed by atoms with Gasteiger partial charge in [-0.3, -0.25) is 10.1 Å². The van der Waals surface area contributed by atoms with Crippen molar-refractivity contribution in [2.45, 2.75) is 13.0 Å². The number of benzene rings is 1. The molecule has 0 aliphatic heterocycles. The minimum Gasteiger partial charge on any atom is -0.448 e. The molecule has 0 aliphatic rings. The second-order valence-electron chi connectivity index (χ2n) is 5.54. The Bertz CT molecular complexity index is 967. The van der Waals surface area contributed by atoms with E-state index in [-0.39, 0.29) is 5.69 Å². The Hall–Kier alpha value is -3.46. The highest BCUT2D eigenvalue weighted by Crippen LogP contribution is 2.26. The Balaban J connectivity index is 1.92. The molecule has 0 radical (unpaired) electrons. The molecule has 3 N–H and O–H groups in total. The number of amides is 3. The molecule has 0 fully saturated rings. The van der Waals surface area contributed by atoms with Crippen molar-refractivity contribution in [2.75, 3.05) is 0 Å². The van der Waals surface area contributed by atoms with E-state index in [2.05, 4.69) is 5.10 Å². The van der Waals surface area contributed by atoms with E-state index < -0.39 is 24.0 Å². The third-order valence-electron chi connectivity index (χ3n) is 3.59. The Morgan fingerprint density at radius 3 is 2.56 bits per heavy atom. The number of esters is 1. The number of nitrogens with zero attached hydrogens (tertiary/aromatic N) is 2. The van der Waals surface area contributed by atoms with E-state index >= 15 is 0 Å². The Labute approximate surface area is 158 Å². The number of thiophene rings is 1. The topological polar surface area (TPSA) is 116 Å². The first-order valence-electron chi connectivity index (χ1n) is 7.96. The van der Waals surface area contributed by atoms with Crippen LogP contribution in [0.1, 0.15) is 17.4 Å². The van der Waals surface area contributed by atoms with Crippen LogP contribution in [0.3, 0.4) is 0 Å². The highest BCUT2D eigenvalue weighted by atomic mass is 32.1. The van der Waals surface area contributed by atoms with Gasteiger partial charge in [0.25, 0.3) is 5.91 Å². The molecule has 1 atom stereocenters. The largest absolute Gasteiger partial charge is 0.448 e. The summed E-state index contributed by atoms with van der Waals surface area (Å²) < 4.78 is 6.63. The first-order valence-corrected chi connectivity index (χ1v) is 8.84. The summed E-state index contributed by atoms with van der Waals surface area (Å²) in [6.07, 6.45) is -1.20. The maximum absolute atomic E-state index is 12.6. The maximum Gasteiger partial charge on any atom is 0.357 e. The quantitative estimate of drug-likeness (QED) is 0.655. The highest BCUT2D eigenvalue weighted by Gasteiger charge is 2.24. The Morgan fingerprint density at radius 2 is 1.93 bits per heavy atom. The fraction of sp³-hybridized carbons (Fsp3) is 0.111. The normalized spacial score (nSPS) is 11.6. The lowest BCUT2D eigenvalue weighted by atomic mass is 10.3. The van der Waals surface area contributed by atoms with Crippen LogP contribution in [0.2, 0.25) is 0 Å². The number of para-hydroxylation sites is 1. The molecule has 8 nitrogen and oxygen atoms in total. The van der Waals surface area contributed by atoms with Gasteiger partial charge in [-0.2, -0.15) is 5.10 Å². The zero-order chi connectivity index (χ0) is 19.4. The molecular formula is C18H16N4O4S. The molecule has 0 unspecified atom stereocenters. The number of nitrogens with two attached hydrogens (primary N) is 1. The van der Waals surface area contributed by atoms with Crippen molar-refractivity contribution < 1.29 is 19.1 Å². The average molecular weight is 384 g/mol. The summed E-state index contributed by atoms with van der Waals surface area (Å²) >= 11 is 1.49. The molecule has 0 aliphatic carbocycles. The number of primary amides is 1. The van der Waals surface area contributed by atoms with Gasteiger partial charge in [0.2, 0.25) is 0 Å². The first kappa shape index (κ1) is 18.3. The molecule has 3 amide bonds. The monoisotopic (exact) mass is 384 g/mol. The third kappa shape index (κ3) is 4.21. The molecule has 27 heavy (non-hydrogen) atoms. The van der Waals surface area contributed by atoms with Crippen LogP contribution >= 0.6 is 11.3 Å². The minimum atomic E-state index is -1.20. The van der Waals surface area contributed by atoms with Crippen LogP contribution in [-0.2, 0) is 9.53 Å². The van der Waals surface area contributed by atoms with Gasteiger partial charge < -0.3 is 10.5 Å². The molecule has 138 valence electrons. The molecule has 2 aromatic heterocycles. The van der Waals surface area contributed by atoms with Crippen molar-refractivity contribution >= 4 is 29.2 Å². The predicted octanol–water partition coefficient (Wildman–Crippen LogP) is 2.34. The van der Waals surface area contributed by atoms with Crippen LogP contribution in [0.4, 0.5) is 4.79 Å². The Kier molecular flexibility index (Phi) is 5.32. The van der Waals surface area contributed by atoms with Crippen molar-refractivity contribution in [3.8, 4) is 16.3 Å². The molecule has 0 saturated heterocycles. The van der Waals surface area contributed by atoms with Crippen molar-refractivity contribution in [2.24, 2.45) is 5.73 Å². The van der Waals surface area contributed by atoms with E-state index in [0.29, 0.717) is 11.4 Å². The molecule has 0 saturated carbocycles. The van der Waals surface area contributed by atoms with Crippen molar-refractivity contribution in [1.29, 1.82) is 0 Å². The van der Waals surface area contributed by atoms with Gasteiger partial charge in [-0.1, -0.05) is 24.3 Å². The fourth-order valence-corrected chi connectivity index (χ4v) is 3.02. The van der Waals surface area contributed by atoms with E-state index in [1.54, 1.807) is 18.2 Å². The van der Waals surface area contributed by atoms with Crippen LogP contribution < -0.4 is 11.1 Å². The minimum absolute atomic E-state index is 0.156. The number of aromatic nitrogens is 2. The molecule has 9 heteroatoms. The number of hydrogen-bond donors (Lipinski definition) is 2. The third-order valence-corrected chi connectivity index (χ3v) is 4.48. The van der Waals surface area contributed by atoms with Crippen LogP contribution in [0.25, 0.3) is 16.3 Å². The van der Waals surface area contributed by atoms with Crippen LogP contribution in [-0.4, -0.2) is 33.8 Å². The van der Waals surface area contributed by atoms with Crippen molar-refractivity contribution in [1.82, 2.24) is 15.1 Å². The number of nitrogens with one attached hydrogen (secondary N) is 1. The maximum atomic E-state index is 12.6. The fourth-order valence-electron chi connectivity index (χ4n) is 2.33. The first-order chi connectivity index (χ1) is 13.0. The lowest BCUT2D eigenvalue weighted by Crippen LogP contribution is -2.42. The SMILES string of the molecule is C[C@@H](OC(=O)c1cc(-c2cccs2)nn1-c1ccccc1)C(=O)NC(N)=O. The van der Waals surface area contributed by atoms with E-state index in [9.17, 15) is 14.4 Å². The molecule has 0 bridgehead atoms. The number of rotatable bonds is 5. The zero-order valence-electron chi connectivity index (χ0n) is 14.3. The molecular weight excluding hydrogens is 368 g/mol. The summed E-state index contributed by atoms with van der Waals surface area (Å²) in [5.74, 6) is -1.55. The van der Waals surface area contributed by atoms with Gasteiger partial charge in [0.1, 0.15) is 5.69 Å². The van der Waals surface area contributed by atoms with Gasteiger partial charge in [-0.05, 0) is 30.5 Å². The predicted molar refractivity (Wildman–Crippen MR) is 99.5 cm³/mol. The summed E-state index contributed by atoms with van der Waals surface area (Å²) in [5, 5.41) is 8.28. The zero-order valence-corrected chi connectivity index (χ0v) is 15.1. The second kappa shape index (κ2) is 7.83. The molecule has 1 aromatic carbocycles. The number of imide groups is 1. The molecule has 2 heterocycles. The summed E-state index contributed by atoms with van der Waals surface area (Å²) in [5.41, 5.74) is 6.34. The summed E-state index contributed by atoms with van der Waals surface area (Å²) in [7, 11) is 0. The Morgan fingerprint density at radius 1 is 1.19 bits per heavy atom. The van der Waals surface area contributed by atoms with Gasteiger partial charge in [0, 0.05) is 6.07 Å². The standard InChI is InChI=1S/C18H16N4O4S/c1-11(16(23)20-18(19)25)26-17(24)14-10-13(15-8-5-9-27-15)21-22(14)12-6-3-2-4-7-12/h2-11H,1H3,(H3,19,20,23,25)/t11-/m1/s1. The van der Waals surface area contributed by atoms with E-state index in [0.717, 1.165) is 4.88 Å². The van der Waals surface area contributed by atoms with Gasteiger partial charge in [-0.25, -0.2) is 14.3 Å². The second-order valence-corrected chi connectivity index (χ2v) is 6.49. The number of carbonyl (C=O) groups excluding carboxylic acids is 3. The summed E-state index contributed by atoms with van der Waals surface area (Å²) in [4.78, 5) is 36.1. The number of carbonyl (C=O) groups is 3. The highest BCUT2D eigenvalue weighted by molar-refractivity contribution is 7.13. The lowest BCUT2D eigenvalue weighted by Gasteiger charge is -2.12. The van der Waals surface area contributed by atoms with Gasteiger partial charge in [0.15, 0.2) is 11.8 Å². The average Bonchev–Trinajstić information content (AvgIpc) is 3.31. The summed E-state index contributed by atoms with van der Waals surface area (Å²) in [6.45, 7) is 1.35. The van der Waals surface area contributed by atoms with Crippen molar-refractivity contribution in [3.05, 3.63) is 59.6 Å². The smallest absolute Gasteiger partial charge is 0.357 e. The van der Waals surface area contributed by atoms with Crippen LogP contribution in [0, 0.1) is 0 Å². The molecule has 3 aromatic rings. The van der Waals surface area contributed by atoms with Crippen LogP contribution in [0.5, 0.6) is 0 Å².